The van der Waals surface area contributed by atoms with Crippen molar-refractivity contribution in [1.29, 1.82) is 0 Å². The number of esters is 1. The Morgan fingerprint density at radius 1 is 0.971 bits per heavy atom. The van der Waals surface area contributed by atoms with E-state index in [9.17, 15) is 9.59 Å². The second-order valence-corrected chi connectivity index (χ2v) is 7.92. The summed E-state index contributed by atoms with van der Waals surface area (Å²) in [6.45, 7) is 1.75. The smallest absolute Gasteiger partial charge is 0.338 e. The Kier molecular flexibility index (Phi) is 7.48. The summed E-state index contributed by atoms with van der Waals surface area (Å²) in [6.07, 6.45) is 0. The molecule has 1 amide bonds. The molecule has 7 nitrogen and oxygen atoms in total. The quantitative estimate of drug-likeness (QED) is 0.316. The molecule has 178 valence electrons. The third-order valence-corrected chi connectivity index (χ3v) is 5.44. The zero-order valence-corrected chi connectivity index (χ0v) is 20.0. The minimum atomic E-state index is -0.443. The minimum Gasteiger partial charge on any atom is -0.495 e. The fraction of sp³-hybridized carbons (Fsp3) is 0.148. The van der Waals surface area contributed by atoms with Gasteiger partial charge in [-0.2, -0.15) is 0 Å². The van der Waals surface area contributed by atoms with E-state index in [1.54, 1.807) is 49.4 Å². The maximum Gasteiger partial charge on any atom is 0.338 e. The lowest BCUT2D eigenvalue weighted by Crippen LogP contribution is -2.20. The van der Waals surface area contributed by atoms with Gasteiger partial charge in [-0.15, -0.1) is 0 Å². The lowest BCUT2D eigenvalue weighted by molar-refractivity contribution is -0.118. The van der Waals surface area contributed by atoms with Crippen molar-refractivity contribution in [2.45, 2.75) is 6.92 Å². The van der Waals surface area contributed by atoms with Gasteiger partial charge in [0.15, 0.2) is 6.61 Å². The number of nitrogens with one attached hydrogen (secondary N) is 1. The third kappa shape index (κ3) is 5.70. The van der Waals surface area contributed by atoms with Crippen LogP contribution >= 0.6 is 11.6 Å². The first-order chi connectivity index (χ1) is 17.0. The van der Waals surface area contributed by atoms with Crippen molar-refractivity contribution in [3.05, 3.63) is 83.4 Å². The standard InChI is InChI=1S/C27H23ClN2O5/c1-3-34-27(32)18-9-11-22-20(13-18)25(15-23(30-22)17-7-5-4-6-8-17)35-16-26(31)29-19-10-12-24(33-2)21(28)14-19/h4-15H,3,16H2,1-2H3,(H,29,31). The Morgan fingerprint density at radius 2 is 1.77 bits per heavy atom. The average molecular weight is 491 g/mol. The number of pyridine rings is 1. The molecule has 0 fully saturated rings. The van der Waals surface area contributed by atoms with Crippen LogP contribution in [-0.4, -0.2) is 37.2 Å². The van der Waals surface area contributed by atoms with Gasteiger partial charge in [0.25, 0.3) is 5.91 Å². The molecule has 0 bridgehead atoms. The number of nitrogens with zero attached hydrogens (tertiary/aromatic N) is 1. The van der Waals surface area contributed by atoms with E-state index in [-0.39, 0.29) is 19.1 Å². The van der Waals surface area contributed by atoms with Gasteiger partial charge in [0.2, 0.25) is 0 Å². The number of hydrogen-bond acceptors (Lipinski definition) is 6. The van der Waals surface area contributed by atoms with E-state index < -0.39 is 5.97 Å². The highest BCUT2D eigenvalue weighted by Gasteiger charge is 2.15. The van der Waals surface area contributed by atoms with Crippen LogP contribution in [0.5, 0.6) is 11.5 Å². The Morgan fingerprint density at radius 3 is 2.49 bits per heavy atom. The minimum absolute atomic E-state index is 0.263. The molecular formula is C27H23ClN2O5. The Labute approximate surface area is 207 Å². The zero-order valence-electron chi connectivity index (χ0n) is 19.2. The lowest BCUT2D eigenvalue weighted by atomic mass is 10.1. The van der Waals surface area contributed by atoms with E-state index in [4.69, 9.17) is 30.8 Å². The van der Waals surface area contributed by atoms with Crippen molar-refractivity contribution in [1.82, 2.24) is 4.98 Å². The van der Waals surface area contributed by atoms with Gasteiger partial charge in [0.1, 0.15) is 11.5 Å². The number of methoxy groups -OCH3 is 1. The number of rotatable bonds is 8. The third-order valence-electron chi connectivity index (χ3n) is 5.15. The molecule has 0 aliphatic heterocycles. The predicted octanol–water partition coefficient (Wildman–Crippen LogP) is 5.76. The number of benzene rings is 3. The summed E-state index contributed by atoms with van der Waals surface area (Å²) >= 11 is 6.14. The van der Waals surface area contributed by atoms with Gasteiger partial charge in [-0.3, -0.25) is 4.79 Å². The summed E-state index contributed by atoms with van der Waals surface area (Å²) in [5.41, 5.74) is 3.08. The van der Waals surface area contributed by atoms with Gasteiger partial charge in [-0.25, -0.2) is 9.78 Å². The van der Waals surface area contributed by atoms with Crippen LogP contribution < -0.4 is 14.8 Å². The van der Waals surface area contributed by atoms with Crippen molar-refractivity contribution in [3.8, 4) is 22.8 Å². The van der Waals surface area contributed by atoms with Crippen molar-refractivity contribution in [2.75, 3.05) is 25.6 Å². The number of fused-ring (bicyclic) bond motifs is 1. The number of halogens is 1. The molecule has 0 saturated carbocycles. The van der Waals surface area contributed by atoms with Crippen LogP contribution in [0, 0.1) is 0 Å². The van der Waals surface area contributed by atoms with Crippen LogP contribution in [0.1, 0.15) is 17.3 Å². The average Bonchev–Trinajstić information content (AvgIpc) is 2.87. The van der Waals surface area contributed by atoms with Gasteiger partial charge in [0, 0.05) is 22.7 Å². The maximum atomic E-state index is 12.6. The summed E-state index contributed by atoms with van der Waals surface area (Å²) in [6, 6.07) is 21.4. The van der Waals surface area contributed by atoms with E-state index in [1.165, 1.54) is 7.11 Å². The van der Waals surface area contributed by atoms with Crippen molar-refractivity contribution >= 4 is 40.1 Å². The molecule has 1 aromatic heterocycles. The zero-order chi connectivity index (χ0) is 24.8. The maximum absolute atomic E-state index is 12.6. The molecule has 0 aliphatic carbocycles. The summed E-state index contributed by atoms with van der Waals surface area (Å²) < 4.78 is 16.2. The van der Waals surface area contributed by atoms with Gasteiger partial charge in [-0.1, -0.05) is 41.9 Å². The molecule has 0 aliphatic rings. The van der Waals surface area contributed by atoms with Crippen LogP contribution in [0.2, 0.25) is 5.02 Å². The number of carbonyl (C=O) groups excluding carboxylic acids is 2. The van der Waals surface area contributed by atoms with Gasteiger partial charge >= 0.3 is 5.97 Å². The summed E-state index contributed by atoms with van der Waals surface area (Å²) in [7, 11) is 1.52. The first kappa shape index (κ1) is 24.0. The molecule has 35 heavy (non-hydrogen) atoms. The summed E-state index contributed by atoms with van der Waals surface area (Å²) in [5.74, 6) is 0.110. The van der Waals surface area contributed by atoms with E-state index in [0.29, 0.717) is 44.4 Å². The monoisotopic (exact) mass is 490 g/mol. The van der Waals surface area contributed by atoms with Crippen LogP contribution in [0.25, 0.3) is 22.2 Å². The molecule has 4 aromatic rings. The molecule has 0 spiro atoms. The molecular weight excluding hydrogens is 468 g/mol. The van der Waals surface area contributed by atoms with Crippen molar-refractivity contribution in [3.63, 3.8) is 0 Å². The van der Waals surface area contributed by atoms with Crippen molar-refractivity contribution < 1.29 is 23.8 Å². The van der Waals surface area contributed by atoms with Crippen LogP contribution in [0.3, 0.4) is 0 Å². The normalized spacial score (nSPS) is 10.6. The van der Waals surface area contributed by atoms with Gasteiger partial charge in [-0.05, 0) is 43.3 Å². The fourth-order valence-electron chi connectivity index (χ4n) is 3.50. The highest BCUT2D eigenvalue weighted by Crippen LogP contribution is 2.31. The SMILES string of the molecule is CCOC(=O)c1ccc2nc(-c3ccccc3)cc(OCC(=O)Nc3ccc(OC)c(Cl)c3)c2c1. The van der Waals surface area contributed by atoms with Gasteiger partial charge in [0.05, 0.1) is 35.5 Å². The molecule has 0 radical (unpaired) electrons. The second kappa shape index (κ2) is 10.9. The molecule has 0 unspecified atom stereocenters. The topological polar surface area (TPSA) is 86.8 Å². The van der Waals surface area contributed by atoms with E-state index >= 15 is 0 Å². The summed E-state index contributed by atoms with van der Waals surface area (Å²) in [5, 5.41) is 3.72. The fourth-order valence-corrected chi connectivity index (χ4v) is 3.75. The largest absolute Gasteiger partial charge is 0.495 e. The number of ether oxygens (including phenoxy) is 3. The Bertz CT molecular complexity index is 1380. The molecule has 3 aromatic carbocycles. The molecule has 1 heterocycles. The van der Waals surface area contributed by atoms with E-state index in [2.05, 4.69) is 5.32 Å². The van der Waals surface area contributed by atoms with E-state index in [0.717, 1.165) is 5.56 Å². The van der Waals surface area contributed by atoms with E-state index in [1.807, 2.05) is 30.3 Å². The first-order valence-corrected chi connectivity index (χ1v) is 11.3. The first-order valence-electron chi connectivity index (χ1n) is 10.9. The molecule has 4 rings (SSSR count). The number of amides is 1. The second-order valence-electron chi connectivity index (χ2n) is 7.51. The molecule has 0 saturated heterocycles. The number of anilines is 1. The highest BCUT2D eigenvalue weighted by atomic mass is 35.5. The lowest BCUT2D eigenvalue weighted by Gasteiger charge is -2.13. The predicted molar refractivity (Wildman–Crippen MR) is 135 cm³/mol. The molecule has 0 atom stereocenters. The van der Waals surface area contributed by atoms with Crippen LogP contribution in [0.4, 0.5) is 5.69 Å². The molecule has 8 heteroatoms. The molecule has 1 N–H and O–H groups in total. The van der Waals surface area contributed by atoms with Crippen molar-refractivity contribution in [2.24, 2.45) is 0 Å². The number of carbonyl (C=O) groups is 2. The van der Waals surface area contributed by atoms with Crippen LogP contribution in [-0.2, 0) is 9.53 Å². The number of aromatic nitrogens is 1. The Hall–Kier alpha value is -4.10. The Balaban J connectivity index is 1.62. The van der Waals surface area contributed by atoms with Crippen LogP contribution in [0.15, 0.2) is 72.8 Å². The number of hydrogen-bond donors (Lipinski definition) is 1. The highest BCUT2D eigenvalue weighted by molar-refractivity contribution is 6.32. The summed E-state index contributed by atoms with van der Waals surface area (Å²) in [4.78, 5) is 29.6. The van der Waals surface area contributed by atoms with Gasteiger partial charge < -0.3 is 19.5 Å².